The predicted molar refractivity (Wildman–Crippen MR) is 90.6 cm³/mol. The summed E-state index contributed by atoms with van der Waals surface area (Å²) in [4.78, 5) is 15.7. The molecule has 128 valence electrons. The van der Waals surface area contributed by atoms with Gasteiger partial charge in [0.15, 0.2) is 0 Å². The van der Waals surface area contributed by atoms with E-state index in [2.05, 4.69) is 10.3 Å². The Morgan fingerprint density at radius 2 is 2.21 bits per heavy atom. The second kappa shape index (κ2) is 5.59. The van der Waals surface area contributed by atoms with E-state index in [0.717, 1.165) is 36.8 Å². The van der Waals surface area contributed by atoms with Crippen molar-refractivity contribution in [3.8, 4) is 0 Å². The van der Waals surface area contributed by atoms with Gasteiger partial charge in [0.05, 0.1) is 6.10 Å². The zero-order valence-electron chi connectivity index (χ0n) is 14.1. The lowest BCUT2D eigenvalue weighted by molar-refractivity contribution is -0.169. The number of aromatic nitrogens is 1. The van der Waals surface area contributed by atoms with Crippen LogP contribution in [0.3, 0.4) is 0 Å². The molecule has 0 saturated heterocycles. The first-order chi connectivity index (χ1) is 11.5. The van der Waals surface area contributed by atoms with Gasteiger partial charge in [-0.3, -0.25) is 4.79 Å². The third-order valence-corrected chi connectivity index (χ3v) is 5.90. The first-order valence-corrected chi connectivity index (χ1v) is 8.75. The third kappa shape index (κ3) is 2.25. The van der Waals surface area contributed by atoms with Crippen LogP contribution in [0.4, 0.5) is 4.39 Å². The van der Waals surface area contributed by atoms with E-state index in [-0.39, 0.29) is 29.3 Å². The number of nitrogens with one attached hydrogen (secondary N) is 2. The summed E-state index contributed by atoms with van der Waals surface area (Å²) in [5.74, 6) is -0.405. The maximum atomic E-state index is 13.5. The lowest BCUT2D eigenvalue weighted by Gasteiger charge is -2.60. The van der Waals surface area contributed by atoms with Gasteiger partial charge in [0.2, 0.25) is 0 Å². The number of aromatic amines is 1. The zero-order valence-corrected chi connectivity index (χ0v) is 14.1. The van der Waals surface area contributed by atoms with E-state index < -0.39 is 0 Å². The molecular formula is C19H23FN2O2. The van der Waals surface area contributed by atoms with Crippen LogP contribution < -0.4 is 5.32 Å². The molecule has 1 amide bonds. The minimum absolute atomic E-state index is 0.114. The Morgan fingerprint density at radius 3 is 2.88 bits per heavy atom. The van der Waals surface area contributed by atoms with Crippen molar-refractivity contribution >= 4 is 16.8 Å². The molecule has 2 fully saturated rings. The monoisotopic (exact) mass is 330 g/mol. The molecule has 1 aromatic heterocycles. The van der Waals surface area contributed by atoms with Crippen LogP contribution in [0.15, 0.2) is 18.2 Å². The molecule has 1 spiro atoms. The lowest BCUT2D eigenvalue weighted by atomic mass is 9.51. The molecule has 2 aromatic rings. The summed E-state index contributed by atoms with van der Waals surface area (Å²) in [6.07, 6.45) is 4.62. The Labute approximate surface area is 140 Å². The van der Waals surface area contributed by atoms with Gasteiger partial charge in [-0.25, -0.2) is 4.39 Å². The maximum Gasteiger partial charge on any atom is 0.267 e. The summed E-state index contributed by atoms with van der Waals surface area (Å²) >= 11 is 0. The fourth-order valence-electron chi connectivity index (χ4n) is 4.37. The molecule has 2 aliphatic rings. The Kier molecular flexibility index (Phi) is 3.64. The Morgan fingerprint density at radius 1 is 1.42 bits per heavy atom. The Bertz CT molecular complexity index is 794. The van der Waals surface area contributed by atoms with Gasteiger partial charge in [-0.05, 0) is 56.9 Å². The van der Waals surface area contributed by atoms with Crippen molar-refractivity contribution in [1.29, 1.82) is 0 Å². The number of H-pyrrole nitrogens is 1. The molecule has 4 rings (SSSR count). The molecule has 1 aromatic carbocycles. The molecule has 24 heavy (non-hydrogen) atoms. The van der Waals surface area contributed by atoms with Crippen molar-refractivity contribution in [3.63, 3.8) is 0 Å². The molecule has 1 heterocycles. The van der Waals surface area contributed by atoms with E-state index in [1.165, 1.54) is 18.6 Å². The highest BCUT2D eigenvalue weighted by Crippen LogP contribution is 2.57. The number of hydrogen-bond acceptors (Lipinski definition) is 2. The van der Waals surface area contributed by atoms with E-state index >= 15 is 0 Å². The zero-order chi connectivity index (χ0) is 16.9. The van der Waals surface area contributed by atoms with Crippen LogP contribution in [0.5, 0.6) is 0 Å². The van der Waals surface area contributed by atoms with Gasteiger partial charge in [0, 0.05) is 29.0 Å². The number of amides is 1. The van der Waals surface area contributed by atoms with E-state index in [0.29, 0.717) is 11.2 Å². The second-order valence-corrected chi connectivity index (χ2v) is 7.16. The van der Waals surface area contributed by atoms with Crippen molar-refractivity contribution in [2.75, 3.05) is 6.61 Å². The summed E-state index contributed by atoms with van der Waals surface area (Å²) in [5, 5.41) is 4.05. The van der Waals surface area contributed by atoms with Crippen LogP contribution in [0, 0.1) is 18.2 Å². The van der Waals surface area contributed by atoms with Gasteiger partial charge in [0.1, 0.15) is 11.5 Å². The maximum absolute atomic E-state index is 13.5. The number of ether oxygens (including phenoxy) is 1. The van der Waals surface area contributed by atoms with Crippen molar-refractivity contribution in [3.05, 3.63) is 35.3 Å². The number of fused-ring (bicyclic) bond motifs is 1. The minimum atomic E-state index is -0.291. The van der Waals surface area contributed by atoms with E-state index in [9.17, 15) is 9.18 Å². The van der Waals surface area contributed by atoms with E-state index in [4.69, 9.17) is 4.74 Å². The number of hydrogen-bond donors (Lipinski definition) is 2. The SMILES string of the molecule is CCO[C@H]1C[C@@H](NC(=O)c2cc3c(C)cc(F)cc3[nH]2)C12CCC2. The van der Waals surface area contributed by atoms with E-state index in [1.54, 1.807) is 0 Å². The smallest absolute Gasteiger partial charge is 0.267 e. The van der Waals surface area contributed by atoms with Gasteiger partial charge in [-0.15, -0.1) is 0 Å². The first kappa shape index (κ1) is 15.6. The van der Waals surface area contributed by atoms with Crippen molar-refractivity contribution in [1.82, 2.24) is 10.3 Å². The van der Waals surface area contributed by atoms with Gasteiger partial charge >= 0.3 is 0 Å². The van der Waals surface area contributed by atoms with E-state index in [1.807, 2.05) is 19.9 Å². The van der Waals surface area contributed by atoms with Gasteiger partial charge in [-0.1, -0.05) is 6.42 Å². The molecule has 0 unspecified atom stereocenters. The normalized spacial score (nSPS) is 24.6. The number of carbonyl (C=O) groups excluding carboxylic acids is 1. The molecular weight excluding hydrogens is 307 g/mol. The molecule has 0 bridgehead atoms. The summed E-state index contributed by atoms with van der Waals surface area (Å²) in [7, 11) is 0. The molecule has 2 atom stereocenters. The molecule has 2 N–H and O–H groups in total. The summed E-state index contributed by atoms with van der Waals surface area (Å²) in [6, 6.07) is 4.91. The average molecular weight is 330 g/mol. The van der Waals surface area contributed by atoms with Gasteiger partial charge in [-0.2, -0.15) is 0 Å². The minimum Gasteiger partial charge on any atom is -0.378 e. The number of benzene rings is 1. The van der Waals surface area contributed by atoms with Crippen LogP contribution >= 0.6 is 0 Å². The highest BCUT2D eigenvalue weighted by atomic mass is 19.1. The number of carbonyl (C=O) groups is 1. The molecule has 2 aliphatic carbocycles. The Hall–Kier alpha value is -1.88. The average Bonchev–Trinajstić information content (AvgIpc) is 2.88. The lowest BCUT2D eigenvalue weighted by Crippen LogP contribution is -2.67. The van der Waals surface area contributed by atoms with Crippen molar-refractivity contribution in [2.24, 2.45) is 5.41 Å². The number of halogens is 1. The molecule has 4 nitrogen and oxygen atoms in total. The molecule has 2 saturated carbocycles. The van der Waals surface area contributed by atoms with Crippen LogP contribution in [0.25, 0.3) is 10.9 Å². The topological polar surface area (TPSA) is 54.1 Å². The summed E-state index contributed by atoms with van der Waals surface area (Å²) < 4.78 is 19.3. The first-order valence-electron chi connectivity index (χ1n) is 8.75. The molecule has 0 aliphatic heterocycles. The van der Waals surface area contributed by atoms with Crippen molar-refractivity contribution in [2.45, 2.75) is 51.7 Å². The van der Waals surface area contributed by atoms with Crippen LogP contribution in [0.2, 0.25) is 0 Å². The largest absolute Gasteiger partial charge is 0.378 e. The van der Waals surface area contributed by atoms with Crippen LogP contribution in [0.1, 0.15) is 48.7 Å². The van der Waals surface area contributed by atoms with Gasteiger partial charge < -0.3 is 15.0 Å². The fourth-order valence-corrected chi connectivity index (χ4v) is 4.37. The third-order valence-electron chi connectivity index (χ3n) is 5.90. The van der Waals surface area contributed by atoms with Crippen LogP contribution in [-0.2, 0) is 4.74 Å². The fraction of sp³-hybridized carbons (Fsp3) is 0.526. The summed E-state index contributed by atoms with van der Waals surface area (Å²) in [5.41, 5.74) is 2.13. The Balaban J connectivity index is 1.52. The predicted octanol–water partition coefficient (Wildman–Crippen LogP) is 3.69. The quantitative estimate of drug-likeness (QED) is 0.898. The van der Waals surface area contributed by atoms with Gasteiger partial charge in [0.25, 0.3) is 5.91 Å². The van der Waals surface area contributed by atoms with Crippen molar-refractivity contribution < 1.29 is 13.9 Å². The standard InChI is InChI=1S/C19H23FN2O2/c1-3-24-17-10-16(19(17)5-4-6-19)22-18(23)15-9-13-11(2)7-12(20)8-14(13)21-15/h7-9,16-17,21H,3-6,10H2,1-2H3,(H,22,23)/t16-,17+/m1/s1. The molecule has 5 heteroatoms. The summed E-state index contributed by atoms with van der Waals surface area (Å²) in [6.45, 7) is 4.59. The number of rotatable bonds is 4. The molecule has 0 radical (unpaired) electrons. The number of aryl methyl sites for hydroxylation is 1. The highest BCUT2D eigenvalue weighted by molar-refractivity contribution is 5.99. The second-order valence-electron chi connectivity index (χ2n) is 7.16. The van der Waals surface area contributed by atoms with Crippen LogP contribution in [-0.4, -0.2) is 29.6 Å². The highest BCUT2D eigenvalue weighted by Gasteiger charge is 2.59.